The number of carbonyl (C=O) groups excluding carboxylic acids is 1. The normalized spacial score (nSPS) is 11.7. The Bertz CT molecular complexity index is 583. The van der Waals surface area contributed by atoms with Gasteiger partial charge >= 0.3 is 0 Å². The van der Waals surface area contributed by atoms with E-state index in [9.17, 15) is 17.6 Å². The molecule has 0 bridgehead atoms. The van der Waals surface area contributed by atoms with E-state index in [-0.39, 0.29) is 10.5 Å². The number of rotatable bonds is 6. The number of hydrogen-bond donors (Lipinski definition) is 2. The molecule has 0 unspecified atom stereocenters. The summed E-state index contributed by atoms with van der Waals surface area (Å²) < 4.78 is 36.0. The van der Waals surface area contributed by atoms with E-state index in [1.54, 1.807) is 0 Å². The van der Waals surface area contributed by atoms with Crippen LogP contribution in [0.4, 0.5) is 4.39 Å². The van der Waals surface area contributed by atoms with E-state index < -0.39 is 21.7 Å². The standard InChI is InChI=1S/C13H19FN2O3S/c1-3-9(4-2)8-16-13(17)11-7-10(20(15,18)19)5-6-12(11)14/h5-7,9H,3-4,8H2,1-2H3,(H,16,17)(H2,15,18,19). The number of nitrogens with two attached hydrogens (primary N) is 1. The molecule has 1 rings (SSSR count). The Morgan fingerprint density at radius 1 is 1.35 bits per heavy atom. The third kappa shape index (κ3) is 4.28. The van der Waals surface area contributed by atoms with Crippen molar-refractivity contribution < 1.29 is 17.6 Å². The third-order valence-corrected chi connectivity index (χ3v) is 4.13. The minimum Gasteiger partial charge on any atom is -0.352 e. The zero-order valence-electron chi connectivity index (χ0n) is 11.5. The van der Waals surface area contributed by atoms with Crippen LogP contribution < -0.4 is 10.5 Å². The van der Waals surface area contributed by atoms with E-state index >= 15 is 0 Å². The molecule has 7 heteroatoms. The van der Waals surface area contributed by atoms with Crippen LogP contribution in [0.15, 0.2) is 23.1 Å². The van der Waals surface area contributed by atoms with Crippen molar-refractivity contribution in [3.8, 4) is 0 Å². The van der Waals surface area contributed by atoms with Crippen molar-refractivity contribution in [2.45, 2.75) is 31.6 Å². The molecule has 5 nitrogen and oxygen atoms in total. The SMILES string of the molecule is CCC(CC)CNC(=O)c1cc(S(N)(=O)=O)ccc1F. The quantitative estimate of drug-likeness (QED) is 0.837. The number of benzene rings is 1. The maximum Gasteiger partial charge on any atom is 0.254 e. The van der Waals surface area contributed by atoms with E-state index in [2.05, 4.69) is 5.32 Å². The molecular formula is C13H19FN2O3S. The minimum atomic E-state index is -3.96. The zero-order chi connectivity index (χ0) is 15.3. The predicted molar refractivity (Wildman–Crippen MR) is 74.2 cm³/mol. The second-order valence-electron chi connectivity index (χ2n) is 4.58. The first-order valence-electron chi connectivity index (χ1n) is 6.40. The van der Waals surface area contributed by atoms with Gasteiger partial charge in [0.2, 0.25) is 10.0 Å². The van der Waals surface area contributed by atoms with E-state index in [1.165, 1.54) is 0 Å². The first-order chi connectivity index (χ1) is 9.29. The summed E-state index contributed by atoms with van der Waals surface area (Å²) in [5.74, 6) is -1.11. The van der Waals surface area contributed by atoms with Crippen LogP contribution >= 0.6 is 0 Å². The van der Waals surface area contributed by atoms with Crippen molar-refractivity contribution >= 4 is 15.9 Å². The Labute approximate surface area is 118 Å². The van der Waals surface area contributed by atoms with Crippen LogP contribution in [0.5, 0.6) is 0 Å². The van der Waals surface area contributed by atoms with Gasteiger partial charge in [0.1, 0.15) is 5.82 Å². The maximum atomic E-state index is 13.6. The average Bonchev–Trinajstić information content (AvgIpc) is 2.38. The molecule has 0 saturated carbocycles. The highest BCUT2D eigenvalue weighted by Gasteiger charge is 2.17. The van der Waals surface area contributed by atoms with Crippen molar-refractivity contribution in [3.05, 3.63) is 29.6 Å². The minimum absolute atomic E-state index is 0.286. The molecule has 1 aromatic carbocycles. The molecule has 0 fully saturated rings. The number of carbonyl (C=O) groups is 1. The maximum absolute atomic E-state index is 13.6. The van der Waals surface area contributed by atoms with Gasteiger partial charge < -0.3 is 5.32 Å². The van der Waals surface area contributed by atoms with Crippen molar-refractivity contribution in [2.24, 2.45) is 11.1 Å². The van der Waals surface area contributed by atoms with Gasteiger partial charge in [-0.05, 0) is 24.1 Å². The zero-order valence-corrected chi connectivity index (χ0v) is 12.3. The number of amides is 1. The first-order valence-corrected chi connectivity index (χ1v) is 7.94. The smallest absolute Gasteiger partial charge is 0.254 e. The van der Waals surface area contributed by atoms with Gasteiger partial charge in [0, 0.05) is 6.54 Å². The molecule has 0 atom stereocenters. The van der Waals surface area contributed by atoms with Crippen molar-refractivity contribution in [2.75, 3.05) is 6.54 Å². The molecule has 0 aliphatic heterocycles. The van der Waals surface area contributed by atoms with Gasteiger partial charge in [-0.1, -0.05) is 26.7 Å². The first kappa shape index (κ1) is 16.6. The van der Waals surface area contributed by atoms with Crippen LogP contribution in [0.1, 0.15) is 37.0 Å². The van der Waals surface area contributed by atoms with Crippen LogP contribution in [0.25, 0.3) is 0 Å². The predicted octanol–water partition coefficient (Wildman–Crippen LogP) is 1.64. The summed E-state index contributed by atoms with van der Waals surface area (Å²) in [7, 11) is -3.96. The highest BCUT2D eigenvalue weighted by molar-refractivity contribution is 7.89. The van der Waals surface area contributed by atoms with Crippen LogP contribution in [-0.2, 0) is 10.0 Å². The lowest BCUT2D eigenvalue weighted by molar-refractivity contribution is 0.0942. The molecule has 0 aliphatic carbocycles. The van der Waals surface area contributed by atoms with Gasteiger partial charge in [-0.2, -0.15) is 0 Å². The van der Waals surface area contributed by atoms with Crippen molar-refractivity contribution in [3.63, 3.8) is 0 Å². The fraction of sp³-hybridized carbons (Fsp3) is 0.462. The lowest BCUT2D eigenvalue weighted by Gasteiger charge is -2.13. The molecule has 3 N–H and O–H groups in total. The molecule has 20 heavy (non-hydrogen) atoms. The van der Waals surface area contributed by atoms with Crippen molar-refractivity contribution in [1.29, 1.82) is 0 Å². The summed E-state index contributed by atoms with van der Waals surface area (Å²) in [6, 6.07) is 2.90. The molecule has 112 valence electrons. The number of sulfonamides is 1. The number of nitrogens with one attached hydrogen (secondary N) is 1. The molecule has 1 aromatic rings. The summed E-state index contributed by atoms with van der Waals surface area (Å²) in [5.41, 5.74) is -0.317. The monoisotopic (exact) mass is 302 g/mol. The Morgan fingerprint density at radius 2 is 1.95 bits per heavy atom. The Balaban J connectivity index is 2.93. The van der Waals surface area contributed by atoms with E-state index in [1.807, 2.05) is 13.8 Å². The van der Waals surface area contributed by atoms with E-state index in [0.717, 1.165) is 31.0 Å². The molecule has 0 spiro atoms. The van der Waals surface area contributed by atoms with Gasteiger partial charge in [0.05, 0.1) is 10.5 Å². The largest absolute Gasteiger partial charge is 0.352 e. The number of halogens is 1. The Hall–Kier alpha value is -1.47. The Kier molecular flexibility index (Phi) is 5.64. The van der Waals surface area contributed by atoms with Gasteiger partial charge in [-0.25, -0.2) is 17.9 Å². The summed E-state index contributed by atoms with van der Waals surface area (Å²) >= 11 is 0. The average molecular weight is 302 g/mol. The fourth-order valence-corrected chi connectivity index (χ4v) is 2.30. The topological polar surface area (TPSA) is 89.3 Å². The molecular weight excluding hydrogens is 283 g/mol. The number of primary sulfonamides is 1. The Morgan fingerprint density at radius 3 is 2.45 bits per heavy atom. The third-order valence-electron chi connectivity index (χ3n) is 3.22. The van der Waals surface area contributed by atoms with Gasteiger partial charge in [0.15, 0.2) is 0 Å². The fourth-order valence-electron chi connectivity index (χ4n) is 1.76. The van der Waals surface area contributed by atoms with Crippen LogP contribution in [0.2, 0.25) is 0 Å². The summed E-state index contributed by atoms with van der Waals surface area (Å²) in [4.78, 5) is 11.6. The number of hydrogen-bond acceptors (Lipinski definition) is 3. The van der Waals surface area contributed by atoms with E-state index in [0.29, 0.717) is 12.5 Å². The van der Waals surface area contributed by atoms with Crippen LogP contribution in [0, 0.1) is 11.7 Å². The second-order valence-corrected chi connectivity index (χ2v) is 6.14. The van der Waals surface area contributed by atoms with Crippen LogP contribution in [0.3, 0.4) is 0 Å². The van der Waals surface area contributed by atoms with Gasteiger partial charge in [-0.15, -0.1) is 0 Å². The summed E-state index contributed by atoms with van der Waals surface area (Å²) in [6.07, 6.45) is 1.80. The molecule has 0 radical (unpaired) electrons. The summed E-state index contributed by atoms with van der Waals surface area (Å²) in [6.45, 7) is 4.43. The molecule has 0 aliphatic rings. The highest BCUT2D eigenvalue weighted by atomic mass is 32.2. The van der Waals surface area contributed by atoms with Gasteiger partial charge in [-0.3, -0.25) is 4.79 Å². The summed E-state index contributed by atoms with van der Waals surface area (Å²) in [5, 5.41) is 7.56. The van der Waals surface area contributed by atoms with Gasteiger partial charge in [0.25, 0.3) is 5.91 Å². The lowest BCUT2D eigenvalue weighted by atomic mass is 10.0. The molecule has 0 aromatic heterocycles. The van der Waals surface area contributed by atoms with Crippen molar-refractivity contribution in [1.82, 2.24) is 5.32 Å². The lowest BCUT2D eigenvalue weighted by Crippen LogP contribution is -2.29. The second kappa shape index (κ2) is 6.81. The van der Waals surface area contributed by atoms with Crippen LogP contribution in [-0.4, -0.2) is 20.9 Å². The highest BCUT2D eigenvalue weighted by Crippen LogP contribution is 2.14. The molecule has 0 saturated heterocycles. The van der Waals surface area contributed by atoms with E-state index in [4.69, 9.17) is 5.14 Å². The molecule has 0 heterocycles. The molecule has 1 amide bonds.